The maximum absolute atomic E-state index is 5.69. The molecular formula is C10H17N3S. The maximum atomic E-state index is 5.69. The Kier molecular flexibility index (Phi) is 3.37. The molecule has 0 aromatic carbocycles. The molecule has 0 aliphatic carbocycles. The molecule has 0 bridgehead atoms. The monoisotopic (exact) mass is 211 g/mol. The van der Waals surface area contributed by atoms with Gasteiger partial charge in [0, 0.05) is 17.2 Å². The van der Waals surface area contributed by atoms with Crippen LogP contribution in [0.2, 0.25) is 0 Å². The zero-order chi connectivity index (χ0) is 10.8. The summed E-state index contributed by atoms with van der Waals surface area (Å²) in [6, 6.07) is 1.83. The normalized spacial score (nSPS) is 11.7. The van der Waals surface area contributed by atoms with Gasteiger partial charge < -0.3 is 5.73 Å². The number of thioether (sulfide) groups is 1. The molecule has 14 heavy (non-hydrogen) atoms. The molecule has 3 nitrogen and oxygen atoms in total. The van der Waals surface area contributed by atoms with Gasteiger partial charge in [-0.15, -0.1) is 11.8 Å². The molecule has 1 aromatic heterocycles. The van der Waals surface area contributed by atoms with E-state index in [0.29, 0.717) is 5.82 Å². The van der Waals surface area contributed by atoms with Gasteiger partial charge in [-0.3, -0.25) is 0 Å². The molecule has 1 aromatic rings. The Hall–Kier alpha value is -0.770. The summed E-state index contributed by atoms with van der Waals surface area (Å²) in [6.07, 6.45) is 0.822. The largest absolute Gasteiger partial charge is 0.384 e. The molecule has 1 heterocycles. The lowest BCUT2D eigenvalue weighted by Crippen LogP contribution is -2.09. The van der Waals surface area contributed by atoms with Crippen LogP contribution in [0.25, 0.3) is 0 Å². The smallest absolute Gasteiger partial charge is 0.131 e. The van der Waals surface area contributed by atoms with E-state index in [-0.39, 0.29) is 4.75 Å². The molecule has 0 saturated carbocycles. The van der Waals surface area contributed by atoms with Crippen molar-refractivity contribution in [1.29, 1.82) is 0 Å². The van der Waals surface area contributed by atoms with Crippen molar-refractivity contribution in [2.45, 2.75) is 43.9 Å². The summed E-state index contributed by atoms with van der Waals surface area (Å²) in [7, 11) is 0. The summed E-state index contributed by atoms with van der Waals surface area (Å²) in [5.74, 6) is 1.38. The molecule has 0 atom stereocenters. The zero-order valence-electron chi connectivity index (χ0n) is 9.16. The van der Waals surface area contributed by atoms with E-state index in [1.807, 2.05) is 13.0 Å². The molecule has 0 aliphatic heterocycles. The average Bonchev–Trinajstić information content (AvgIpc) is 1.99. The summed E-state index contributed by atoms with van der Waals surface area (Å²) in [5, 5.41) is 0.960. The second kappa shape index (κ2) is 4.17. The summed E-state index contributed by atoms with van der Waals surface area (Å²) in [4.78, 5) is 8.54. The number of hydrogen-bond donors (Lipinski definition) is 1. The van der Waals surface area contributed by atoms with Crippen LogP contribution in [-0.4, -0.2) is 14.7 Å². The lowest BCUT2D eigenvalue weighted by molar-refractivity contribution is 0.794. The van der Waals surface area contributed by atoms with Gasteiger partial charge in [-0.05, 0) is 0 Å². The van der Waals surface area contributed by atoms with Gasteiger partial charge in [-0.2, -0.15) is 0 Å². The number of nitrogens with two attached hydrogens (primary N) is 1. The van der Waals surface area contributed by atoms with Crippen LogP contribution in [0.1, 0.15) is 33.5 Å². The maximum Gasteiger partial charge on any atom is 0.131 e. The van der Waals surface area contributed by atoms with Crippen LogP contribution in [-0.2, 0) is 6.42 Å². The Morgan fingerprint density at radius 1 is 1.36 bits per heavy atom. The van der Waals surface area contributed by atoms with E-state index >= 15 is 0 Å². The zero-order valence-corrected chi connectivity index (χ0v) is 9.98. The Balaban J connectivity index is 2.92. The van der Waals surface area contributed by atoms with Crippen molar-refractivity contribution < 1.29 is 0 Å². The summed E-state index contributed by atoms with van der Waals surface area (Å²) in [5.41, 5.74) is 5.69. The second-order valence-electron chi connectivity index (χ2n) is 4.12. The molecule has 78 valence electrons. The molecule has 0 saturated heterocycles. The number of aromatic nitrogens is 2. The van der Waals surface area contributed by atoms with Crippen molar-refractivity contribution in [2.24, 2.45) is 0 Å². The lowest BCUT2D eigenvalue weighted by Gasteiger charge is -2.17. The van der Waals surface area contributed by atoms with E-state index in [1.54, 1.807) is 11.8 Å². The first-order valence-electron chi connectivity index (χ1n) is 4.73. The van der Waals surface area contributed by atoms with Gasteiger partial charge in [0.25, 0.3) is 0 Å². The molecule has 0 fully saturated rings. The van der Waals surface area contributed by atoms with Gasteiger partial charge in [-0.25, -0.2) is 9.97 Å². The van der Waals surface area contributed by atoms with Crippen molar-refractivity contribution in [1.82, 2.24) is 9.97 Å². The molecule has 4 heteroatoms. The van der Waals surface area contributed by atoms with Gasteiger partial charge in [0.05, 0.1) is 0 Å². The quantitative estimate of drug-likeness (QED) is 0.603. The molecule has 0 unspecified atom stereocenters. The third kappa shape index (κ3) is 3.54. The van der Waals surface area contributed by atoms with Crippen LogP contribution in [0, 0.1) is 0 Å². The van der Waals surface area contributed by atoms with Crippen LogP contribution in [0.5, 0.6) is 0 Å². The van der Waals surface area contributed by atoms with E-state index in [4.69, 9.17) is 5.73 Å². The van der Waals surface area contributed by atoms with Crippen molar-refractivity contribution in [3.05, 3.63) is 11.9 Å². The highest BCUT2D eigenvalue weighted by Crippen LogP contribution is 2.30. The fraction of sp³-hybridized carbons (Fsp3) is 0.600. The molecule has 0 amide bonds. The van der Waals surface area contributed by atoms with E-state index in [9.17, 15) is 0 Å². The molecule has 0 spiro atoms. The number of nitrogen functional groups attached to an aromatic ring is 1. The van der Waals surface area contributed by atoms with Crippen molar-refractivity contribution in [3.63, 3.8) is 0 Å². The molecule has 2 N–H and O–H groups in total. The van der Waals surface area contributed by atoms with Crippen LogP contribution in [0.3, 0.4) is 0 Å². The topological polar surface area (TPSA) is 51.8 Å². The minimum atomic E-state index is 0.159. The number of hydrogen-bond acceptors (Lipinski definition) is 4. The molecule has 1 rings (SSSR count). The third-order valence-electron chi connectivity index (χ3n) is 1.50. The standard InChI is InChI=1S/C10H17N3S/c1-5-8-12-7(11)6-9(13-8)14-10(2,3)4/h6H,5H2,1-4H3,(H2,11,12,13). The number of nitrogens with zero attached hydrogens (tertiary/aromatic N) is 2. The number of aryl methyl sites for hydroxylation is 1. The van der Waals surface area contributed by atoms with Crippen LogP contribution in [0.4, 0.5) is 5.82 Å². The first-order valence-corrected chi connectivity index (χ1v) is 5.55. The van der Waals surface area contributed by atoms with Gasteiger partial charge in [0.2, 0.25) is 0 Å². The highest BCUT2D eigenvalue weighted by Gasteiger charge is 2.14. The Morgan fingerprint density at radius 3 is 2.50 bits per heavy atom. The van der Waals surface area contributed by atoms with E-state index < -0.39 is 0 Å². The van der Waals surface area contributed by atoms with Crippen molar-refractivity contribution >= 4 is 17.6 Å². The Morgan fingerprint density at radius 2 is 2.00 bits per heavy atom. The summed E-state index contributed by atoms with van der Waals surface area (Å²) >= 11 is 1.71. The van der Waals surface area contributed by atoms with Crippen LogP contribution in [0.15, 0.2) is 11.1 Å². The molecular weight excluding hydrogens is 194 g/mol. The summed E-state index contributed by atoms with van der Waals surface area (Å²) in [6.45, 7) is 8.49. The van der Waals surface area contributed by atoms with Crippen LogP contribution < -0.4 is 5.73 Å². The predicted molar refractivity (Wildman–Crippen MR) is 61.4 cm³/mol. The van der Waals surface area contributed by atoms with Crippen molar-refractivity contribution in [3.8, 4) is 0 Å². The van der Waals surface area contributed by atoms with Gasteiger partial charge in [0.1, 0.15) is 16.7 Å². The van der Waals surface area contributed by atoms with E-state index in [1.165, 1.54) is 0 Å². The predicted octanol–water partition coefficient (Wildman–Crippen LogP) is 2.51. The lowest BCUT2D eigenvalue weighted by atomic mass is 10.3. The minimum Gasteiger partial charge on any atom is -0.384 e. The first kappa shape index (κ1) is 11.3. The first-order chi connectivity index (χ1) is 6.40. The highest BCUT2D eigenvalue weighted by molar-refractivity contribution is 8.00. The van der Waals surface area contributed by atoms with Crippen LogP contribution >= 0.6 is 11.8 Å². The molecule has 0 radical (unpaired) electrons. The highest BCUT2D eigenvalue weighted by atomic mass is 32.2. The van der Waals surface area contributed by atoms with Gasteiger partial charge in [-0.1, -0.05) is 27.7 Å². The number of rotatable bonds is 2. The van der Waals surface area contributed by atoms with E-state index in [2.05, 4.69) is 30.7 Å². The SMILES string of the molecule is CCc1nc(N)cc(SC(C)(C)C)n1. The second-order valence-corrected chi connectivity index (χ2v) is 5.96. The average molecular weight is 211 g/mol. The third-order valence-corrected chi connectivity index (χ3v) is 2.53. The van der Waals surface area contributed by atoms with Gasteiger partial charge >= 0.3 is 0 Å². The minimum absolute atomic E-state index is 0.159. The Bertz CT molecular complexity index is 318. The Labute approximate surface area is 89.5 Å². The van der Waals surface area contributed by atoms with Gasteiger partial charge in [0.15, 0.2) is 0 Å². The fourth-order valence-corrected chi connectivity index (χ4v) is 1.97. The van der Waals surface area contributed by atoms with E-state index in [0.717, 1.165) is 17.3 Å². The summed E-state index contributed by atoms with van der Waals surface area (Å²) < 4.78 is 0.159. The molecule has 0 aliphatic rings. The van der Waals surface area contributed by atoms with Crippen molar-refractivity contribution in [2.75, 3.05) is 5.73 Å². The fourth-order valence-electron chi connectivity index (χ4n) is 1.02. The number of anilines is 1.